The van der Waals surface area contributed by atoms with Crippen LogP contribution in [0.1, 0.15) is 17.5 Å². The van der Waals surface area contributed by atoms with Gasteiger partial charge in [0.25, 0.3) is 0 Å². The second-order valence-electron chi connectivity index (χ2n) is 6.13. The average Bonchev–Trinajstić information content (AvgIpc) is 2.62. The Kier molecular flexibility index (Phi) is 5.83. The van der Waals surface area contributed by atoms with Crippen LogP contribution in [0.2, 0.25) is 0 Å². The Morgan fingerprint density at radius 2 is 1.96 bits per heavy atom. The van der Waals surface area contributed by atoms with Gasteiger partial charge < -0.3 is 14.8 Å². The van der Waals surface area contributed by atoms with Crippen LogP contribution in [0.15, 0.2) is 47.4 Å². The second-order valence-corrected chi connectivity index (χ2v) is 7.38. The van der Waals surface area contributed by atoms with E-state index in [1.54, 1.807) is 0 Å². The zero-order chi connectivity index (χ0) is 18.5. The highest BCUT2D eigenvalue weighted by Gasteiger charge is 2.29. The molecule has 1 amide bonds. The lowest BCUT2D eigenvalue weighted by Crippen LogP contribution is -2.31. The normalized spacial score (nSPS) is 15.8. The van der Waals surface area contributed by atoms with Crippen LogP contribution >= 0.6 is 11.8 Å². The molecule has 136 valence electrons. The van der Waals surface area contributed by atoms with Crippen molar-refractivity contribution in [3.63, 3.8) is 0 Å². The van der Waals surface area contributed by atoms with Crippen LogP contribution in [0.4, 0.5) is 5.69 Å². The van der Waals surface area contributed by atoms with Gasteiger partial charge in [0.2, 0.25) is 5.91 Å². The molecule has 0 saturated carbocycles. The van der Waals surface area contributed by atoms with Gasteiger partial charge in [-0.25, -0.2) is 0 Å². The molecule has 2 aromatic rings. The molecule has 1 heterocycles. The van der Waals surface area contributed by atoms with Gasteiger partial charge in [-0.3, -0.25) is 9.59 Å². The molecule has 3 rings (SSSR count). The van der Waals surface area contributed by atoms with Crippen LogP contribution < -0.4 is 10.1 Å². The molecule has 0 fully saturated rings. The number of carbonyl (C=O) groups is 2. The summed E-state index contributed by atoms with van der Waals surface area (Å²) < 4.78 is 10.9. The third kappa shape index (κ3) is 4.58. The summed E-state index contributed by atoms with van der Waals surface area (Å²) in [7, 11) is 0. The van der Waals surface area contributed by atoms with Gasteiger partial charge in [0, 0.05) is 4.90 Å². The van der Waals surface area contributed by atoms with Gasteiger partial charge in [0.05, 0.1) is 17.4 Å². The largest absolute Gasteiger partial charge is 0.490 e. The smallest absolute Gasteiger partial charge is 0.307 e. The van der Waals surface area contributed by atoms with Gasteiger partial charge in [-0.2, -0.15) is 0 Å². The van der Waals surface area contributed by atoms with Crippen molar-refractivity contribution in [1.82, 2.24) is 0 Å². The molecule has 0 spiro atoms. The molecule has 5 nitrogen and oxygen atoms in total. The van der Waals surface area contributed by atoms with Crippen LogP contribution in [-0.2, 0) is 14.3 Å². The number of amides is 1. The average molecular weight is 371 g/mol. The highest BCUT2D eigenvalue weighted by Crippen LogP contribution is 2.36. The van der Waals surface area contributed by atoms with Crippen molar-refractivity contribution < 1.29 is 19.1 Å². The Balaban J connectivity index is 1.44. The van der Waals surface area contributed by atoms with Crippen molar-refractivity contribution in [2.24, 2.45) is 0 Å². The molecule has 26 heavy (non-hydrogen) atoms. The molecular weight excluding hydrogens is 350 g/mol. The quantitative estimate of drug-likeness (QED) is 0.619. The van der Waals surface area contributed by atoms with E-state index in [1.165, 1.54) is 11.8 Å². The maximum atomic E-state index is 12.1. The molecule has 1 aliphatic heterocycles. The molecular formula is C20H21NO4S. The summed E-state index contributed by atoms with van der Waals surface area (Å²) in [6.45, 7) is 4.40. The van der Waals surface area contributed by atoms with Gasteiger partial charge in [-0.15, -0.1) is 11.8 Å². The van der Waals surface area contributed by atoms with Crippen molar-refractivity contribution in [2.75, 3.05) is 18.5 Å². The fourth-order valence-electron chi connectivity index (χ4n) is 2.61. The molecule has 0 aliphatic carbocycles. The van der Waals surface area contributed by atoms with E-state index in [9.17, 15) is 9.59 Å². The van der Waals surface area contributed by atoms with E-state index < -0.39 is 11.2 Å². The second kappa shape index (κ2) is 8.27. The standard InChI is InChI=1S/C20H21NO4S/c1-13-7-8-14(2)16(11-13)24-9-10-25-19(22)12-18-20(23)21-15-5-3-4-6-17(15)26-18/h3-8,11,18H,9-10,12H2,1-2H3,(H,21,23). The van der Waals surface area contributed by atoms with Crippen molar-refractivity contribution in [3.05, 3.63) is 53.6 Å². The summed E-state index contributed by atoms with van der Waals surface area (Å²) in [6.07, 6.45) is 0.0360. The Bertz CT molecular complexity index is 821. The number of aryl methyl sites for hydroxylation is 2. The predicted molar refractivity (Wildman–Crippen MR) is 102 cm³/mol. The highest BCUT2D eigenvalue weighted by atomic mass is 32.2. The number of carbonyl (C=O) groups excluding carboxylic acids is 2. The summed E-state index contributed by atoms with van der Waals surface area (Å²) in [5, 5.41) is 2.35. The van der Waals surface area contributed by atoms with Gasteiger partial charge >= 0.3 is 5.97 Å². The molecule has 1 N–H and O–H groups in total. The number of rotatable bonds is 6. The summed E-state index contributed by atoms with van der Waals surface area (Å²) >= 11 is 1.39. The van der Waals surface area contributed by atoms with Crippen LogP contribution in [-0.4, -0.2) is 30.3 Å². The van der Waals surface area contributed by atoms with Crippen molar-refractivity contribution in [1.29, 1.82) is 0 Å². The highest BCUT2D eigenvalue weighted by molar-refractivity contribution is 8.01. The van der Waals surface area contributed by atoms with Gasteiger partial charge in [0.1, 0.15) is 19.0 Å². The van der Waals surface area contributed by atoms with Crippen molar-refractivity contribution >= 4 is 29.3 Å². The molecule has 0 radical (unpaired) electrons. The zero-order valence-electron chi connectivity index (χ0n) is 14.8. The topological polar surface area (TPSA) is 64.6 Å². The lowest BCUT2D eigenvalue weighted by atomic mass is 10.1. The van der Waals surface area contributed by atoms with Crippen molar-refractivity contribution in [3.8, 4) is 5.75 Å². The predicted octanol–water partition coefficient (Wildman–Crippen LogP) is 3.73. The molecule has 1 unspecified atom stereocenters. The number of hydrogen-bond donors (Lipinski definition) is 1. The number of benzene rings is 2. The minimum Gasteiger partial charge on any atom is -0.490 e. The SMILES string of the molecule is Cc1ccc(C)c(OCCOC(=O)CC2Sc3ccccc3NC2=O)c1. The Morgan fingerprint density at radius 3 is 2.81 bits per heavy atom. The molecule has 0 saturated heterocycles. The van der Waals surface area contributed by atoms with Crippen LogP contribution in [0.3, 0.4) is 0 Å². The fourth-order valence-corrected chi connectivity index (χ4v) is 3.70. The minimum absolute atomic E-state index is 0.0360. The maximum absolute atomic E-state index is 12.1. The van der Waals surface area contributed by atoms with E-state index in [-0.39, 0.29) is 25.5 Å². The number of ether oxygens (including phenoxy) is 2. The van der Waals surface area contributed by atoms with E-state index in [0.29, 0.717) is 0 Å². The van der Waals surface area contributed by atoms with E-state index in [1.807, 2.05) is 56.3 Å². The number of anilines is 1. The van der Waals surface area contributed by atoms with E-state index in [4.69, 9.17) is 9.47 Å². The summed E-state index contributed by atoms with van der Waals surface area (Å²) in [6, 6.07) is 13.5. The Labute approximate surface area is 157 Å². The van der Waals surface area contributed by atoms with Gasteiger partial charge in [-0.05, 0) is 43.2 Å². The number of nitrogens with one attached hydrogen (secondary N) is 1. The first-order valence-corrected chi connectivity index (χ1v) is 9.33. The summed E-state index contributed by atoms with van der Waals surface area (Å²) in [5.41, 5.74) is 2.94. The first kappa shape index (κ1) is 18.3. The molecule has 1 atom stereocenters. The first-order valence-electron chi connectivity index (χ1n) is 8.45. The fraction of sp³-hybridized carbons (Fsp3) is 0.300. The van der Waals surface area contributed by atoms with Crippen LogP contribution in [0.25, 0.3) is 0 Å². The van der Waals surface area contributed by atoms with Crippen molar-refractivity contribution in [2.45, 2.75) is 30.4 Å². The number of esters is 1. The Hall–Kier alpha value is -2.47. The lowest BCUT2D eigenvalue weighted by Gasteiger charge is -2.23. The minimum atomic E-state index is -0.475. The number of hydrogen-bond acceptors (Lipinski definition) is 5. The summed E-state index contributed by atoms with van der Waals surface area (Å²) in [5.74, 6) is 0.221. The van der Waals surface area contributed by atoms with Crippen LogP contribution in [0.5, 0.6) is 5.75 Å². The van der Waals surface area contributed by atoms with E-state index in [2.05, 4.69) is 5.32 Å². The first-order chi connectivity index (χ1) is 12.5. The maximum Gasteiger partial charge on any atom is 0.307 e. The number of fused-ring (bicyclic) bond motifs is 1. The molecule has 0 bridgehead atoms. The third-order valence-electron chi connectivity index (χ3n) is 4.01. The van der Waals surface area contributed by atoms with E-state index >= 15 is 0 Å². The number of thioether (sulfide) groups is 1. The molecule has 1 aliphatic rings. The third-order valence-corrected chi connectivity index (χ3v) is 5.28. The van der Waals surface area contributed by atoms with Gasteiger partial charge in [0.15, 0.2) is 0 Å². The van der Waals surface area contributed by atoms with Crippen LogP contribution in [0, 0.1) is 13.8 Å². The number of para-hydroxylation sites is 1. The van der Waals surface area contributed by atoms with E-state index in [0.717, 1.165) is 27.5 Å². The van der Waals surface area contributed by atoms with Gasteiger partial charge in [-0.1, -0.05) is 24.3 Å². The molecule has 0 aromatic heterocycles. The summed E-state index contributed by atoms with van der Waals surface area (Å²) in [4.78, 5) is 25.1. The molecule has 2 aromatic carbocycles. The monoisotopic (exact) mass is 371 g/mol. The zero-order valence-corrected chi connectivity index (χ0v) is 15.6. The molecule has 6 heteroatoms. The lowest BCUT2D eigenvalue weighted by molar-refractivity contribution is -0.145. The Morgan fingerprint density at radius 1 is 1.15 bits per heavy atom.